The van der Waals surface area contributed by atoms with Gasteiger partial charge in [0, 0.05) is 6.42 Å². The molecular formula is C28H29NO5. The fourth-order valence-electron chi connectivity index (χ4n) is 4.17. The summed E-state index contributed by atoms with van der Waals surface area (Å²) in [5.74, 6) is -0.420. The summed E-state index contributed by atoms with van der Waals surface area (Å²) in [6, 6.07) is 20.3. The van der Waals surface area contributed by atoms with Gasteiger partial charge >= 0.3 is 12.1 Å². The molecule has 176 valence electrons. The van der Waals surface area contributed by atoms with Crippen LogP contribution in [-0.4, -0.2) is 28.8 Å². The van der Waals surface area contributed by atoms with Gasteiger partial charge in [-0.2, -0.15) is 0 Å². The topological polar surface area (TPSA) is 84.9 Å². The van der Waals surface area contributed by atoms with Gasteiger partial charge in [-0.05, 0) is 72.7 Å². The first-order valence-electron chi connectivity index (χ1n) is 11.3. The number of benzene rings is 3. The molecule has 0 bridgehead atoms. The second-order valence-electron chi connectivity index (χ2n) is 9.45. The molecule has 3 aromatic rings. The smallest absolute Gasteiger partial charge is 0.408 e. The van der Waals surface area contributed by atoms with E-state index in [-0.39, 0.29) is 18.6 Å². The average molecular weight is 460 g/mol. The van der Waals surface area contributed by atoms with Gasteiger partial charge in [0.2, 0.25) is 0 Å². The quantitative estimate of drug-likeness (QED) is 0.389. The summed E-state index contributed by atoms with van der Waals surface area (Å²) in [4.78, 5) is 24.2. The maximum atomic E-state index is 12.4. The summed E-state index contributed by atoms with van der Waals surface area (Å²) in [6.45, 7) is 5.95. The number of carbonyl (C=O) groups is 2. The number of carboxylic acid groups (broad SMARTS) is 1. The predicted molar refractivity (Wildman–Crippen MR) is 130 cm³/mol. The van der Waals surface area contributed by atoms with Crippen LogP contribution in [0.15, 0.2) is 66.7 Å². The monoisotopic (exact) mass is 459 g/mol. The molecule has 6 nitrogen and oxygen atoms in total. The van der Waals surface area contributed by atoms with E-state index in [9.17, 15) is 14.7 Å². The Morgan fingerprint density at radius 1 is 0.971 bits per heavy atom. The van der Waals surface area contributed by atoms with E-state index in [0.29, 0.717) is 5.75 Å². The molecule has 1 unspecified atom stereocenters. The van der Waals surface area contributed by atoms with Gasteiger partial charge in [0.15, 0.2) is 0 Å². The van der Waals surface area contributed by atoms with Gasteiger partial charge in [0.25, 0.3) is 0 Å². The summed E-state index contributed by atoms with van der Waals surface area (Å²) < 4.78 is 11.2. The Morgan fingerprint density at radius 3 is 2.38 bits per heavy atom. The van der Waals surface area contributed by atoms with Crippen molar-refractivity contribution in [2.75, 3.05) is 0 Å². The summed E-state index contributed by atoms with van der Waals surface area (Å²) >= 11 is 0. The standard InChI is InChI=1S/C28H29NO5/c1-28(2,3)34-21-13-11-18(12-14-21)15-25(26(30)31)29-27(32)33-17-20-8-6-10-23-22-9-5-4-7-19(22)16-24(20)23/h4-14,25H,15-17H2,1-3H3,(H,29,32)(H,30,31). The normalized spacial score (nSPS) is 12.9. The molecule has 0 spiro atoms. The summed E-state index contributed by atoms with van der Waals surface area (Å²) in [7, 11) is 0. The maximum absolute atomic E-state index is 12.4. The summed E-state index contributed by atoms with van der Waals surface area (Å²) in [5.41, 5.74) is 6.12. The van der Waals surface area contributed by atoms with Crippen molar-refractivity contribution in [2.45, 2.75) is 51.9 Å². The van der Waals surface area contributed by atoms with Crippen LogP contribution in [-0.2, 0) is 29.0 Å². The molecule has 3 aromatic carbocycles. The molecule has 1 aliphatic rings. The van der Waals surface area contributed by atoms with Crippen LogP contribution in [0.3, 0.4) is 0 Å². The molecule has 34 heavy (non-hydrogen) atoms. The van der Waals surface area contributed by atoms with E-state index >= 15 is 0 Å². The third kappa shape index (κ3) is 5.57. The van der Waals surface area contributed by atoms with Crippen molar-refractivity contribution in [3.05, 3.63) is 89.0 Å². The SMILES string of the molecule is CC(C)(C)Oc1ccc(CC(NC(=O)OCc2cccc3c2Cc2ccccc2-3)C(=O)O)cc1. The highest BCUT2D eigenvalue weighted by Crippen LogP contribution is 2.38. The molecule has 0 saturated heterocycles. The molecule has 0 fully saturated rings. The van der Waals surface area contributed by atoms with Gasteiger partial charge in [-0.15, -0.1) is 0 Å². The zero-order valence-electron chi connectivity index (χ0n) is 19.6. The molecule has 0 aliphatic heterocycles. The van der Waals surface area contributed by atoms with Crippen LogP contribution in [0.4, 0.5) is 4.79 Å². The molecule has 4 rings (SSSR count). The second kappa shape index (κ2) is 9.59. The first-order valence-corrected chi connectivity index (χ1v) is 11.3. The van der Waals surface area contributed by atoms with E-state index in [1.807, 2.05) is 45.0 Å². The minimum Gasteiger partial charge on any atom is -0.488 e. The Labute approximate surface area is 199 Å². The highest BCUT2D eigenvalue weighted by Gasteiger charge is 2.23. The Bertz CT molecular complexity index is 1190. The minimum absolute atomic E-state index is 0.0776. The van der Waals surface area contributed by atoms with Crippen LogP contribution < -0.4 is 10.1 Å². The highest BCUT2D eigenvalue weighted by atomic mass is 16.5. The van der Waals surface area contributed by atoms with Crippen LogP contribution in [0.1, 0.15) is 43.0 Å². The van der Waals surface area contributed by atoms with Crippen molar-refractivity contribution in [1.29, 1.82) is 0 Å². The average Bonchev–Trinajstić information content (AvgIpc) is 3.17. The van der Waals surface area contributed by atoms with Gasteiger partial charge in [-0.1, -0.05) is 54.6 Å². The van der Waals surface area contributed by atoms with E-state index in [1.54, 1.807) is 24.3 Å². The molecule has 1 atom stereocenters. The number of fused-ring (bicyclic) bond motifs is 3. The van der Waals surface area contributed by atoms with Gasteiger partial charge in [0.05, 0.1) is 0 Å². The van der Waals surface area contributed by atoms with Crippen molar-refractivity contribution < 1.29 is 24.2 Å². The van der Waals surface area contributed by atoms with Gasteiger partial charge in [-0.3, -0.25) is 0 Å². The lowest BCUT2D eigenvalue weighted by Gasteiger charge is -2.21. The Kier molecular flexibility index (Phi) is 6.59. The van der Waals surface area contributed by atoms with Crippen molar-refractivity contribution in [2.24, 2.45) is 0 Å². The van der Waals surface area contributed by atoms with Gasteiger partial charge in [0.1, 0.15) is 24.0 Å². The molecule has 1 amide bonds. The first kappa shape index (κ1) is 23.4. The lowest BCUT2D eigenvalue weighted by atomic mass is 10.0. The molecule has 2 N–H and O–H groups in total. The van der Waals surface area contributed by atoms with E-state index < -0.39 is 18.1 Å². The van der Waals surface area contributed by atoms with Crippen LogP contribution in [0, 0.1) is 0 Å². The number of alkyl carbamates (subject to hydrolysis) is 1. The molecular weight excluding hydrogens is 430 g/mol. The van der Waals surface area contributed by atoms with Crippen LogP contribution in [0.25, 0.3) is 11.1 Å². The van der Waals surface area contributed by atoms with E-state index in [4.69, 9.17) is 9.47 Å². The number of nitrogens with one attached hydrogen (secondary N) is 1. The van der Waals surface area contributed by atoms with Gasteiger partial charge < -0.3 is 19.9 Å². The third-order valence-electron chi connectivity index (χ3n) is 5.68. The largest absolute Gasteiger partial charge is 0.488 e. The van der Waals surface area contributed by atoms with Crippen molar-refractivity contribution in [3.63, 3.8) is 0 Å². The summed E-state index contributed by atoms with van der Waals surface area (Å²) in [5, 5.41) is 12.1. The van der Waals surface area contributed by atoms with Crippen molar-refractivity contribution in [1.82, 2.24) is 5.32 Å². The van der Waals surface area contributed by atoms with E-state index in [0.717, 1.165) is 28.7 Å². The van der Waals surface area contributed by atoms with Crippen LogP contribution in [0.2, 0.25) is 0 Å². The lowest BCUT2D eigenvalue weighted by Crippen LogP contribution is -2.42. The first-order chi connectivity index (χ1) is 16.2. The number of ether oxygens (including phenoxy) is 2. The molecule has 6 heteroatoms. The number of amides is 1. The Balaban J connectivity index is 1.36. The fourth-order valence-corrected chi connectivity index (χ4v) is 4.17. The molecule has 1 aliphatic carbocycles. The third-order valence-corrected chi connectivity index (χ3v) is 5.68. The van der Waals surface area contributed by atoms with E-state index in [2.05, 4.69) is 23.5 Å². The number of carbonyl (C=O) groups excluding carboxylic acids is 1. The van der Waals surface area contributed by atoms with Crippen molar-refractivity contribution >= 4 is 12.1 Å². The number of hydrogen-bond acceptors (Lipinski definition) is 4. The zero-order valence-corrected chi connectivity index (χ0v) is 19.6. The van der Waals surface area contributed by atoms with E-state index in [1.165, 1.54) is 11.1 Å². The zero-order chi connectivity index (χ0) is 24.3. The maximum Gasteiger partial charge on any atom is 0.408 e. The van der Waals surface area contributed by atoms with Crippen molar-refractivity contribution in [3.8, 4) is 16.9 Å². The number of aliphatic carboxylic acids is 1. The number of hydrogen-bond donors (Lipinski definition) is 2. The molecule has 0 saturated carbocycles. The minimum atomic E-state index is -1.12. The second-order valence-corrected chi connectivity index (χ2v) is 9.45. The molecule has 0 aromatic heterocycles. The Hall–Kier alpha value is -3.80. The fraction of sp³-hybridized carbons (Fsp3) is 0.286. The highest BCUT2D eigenvalue weighted by molar-refractivity contribution is 5.80. The molecule has 0 radical (unpaired) electrons. The lowest BCUT2D eigenvalue weighted by molar-refractivity contribution is -0.139. The molecule has 0 heterocycles. The van der Waals surface area contributed by atoms with Gasteiger partial charge in [-0.25, -0.2) is 9.59 Å². The van der Waals surface area contributed by atoms with Crippen LogP contribution >= 0.6 is 0 Å². The number of carboxylic acids is 1. The predicted octanol–water partition coefficient (Wildman–Crippen LogP) is 5.36. The Morgan fingerprint density at radius 2 is 1.68 bits per heavy atom. The summed E-state index contributed by atoms with van der Waals surface area (Å²) in [6.07, 6.45) is 0.170. The van der Waals surface area contributed by atoms with Crippen LogP contribution in [0.5, 0.6) is 5.75 Å². The number of rotatable bonds is 7.